The summed E-state index contributed by atoms with van der Waals surface area (Å²) in [7, 11) is 0. The molecule has 4 aromatic rings. The minimum Gasteiger partial charge on any atom is -0.354 e. The number of hydrogen-bond acceptors (Lipinski definition) is 7. The van der Waals surface area contributed by atoms with E-state index in [1.165, 1.54) is 0 Å². The van der Waals surface area contributed by atoms with Crippen LogP contribution in [0.5, 0.6) is 0 Å². The van der Waals surface area contributed by atoms with Crippen molar-refractivity contribution in [2.24, 2.45) is 0 Å². The number of carbonyl (C=O) groups is 1. The van der Waals surface area contributed by atoms with Crippen molar-refractivity contribution in [1.82, 2.24) is 29.5 Å². The van der Waals surface area contributed by atoms with Crippen LogP contribution in [-0.2, 0) is 17.8 Å². The zero-order valence-corrected chi connectivity index (χ0v) is 22.0. The Balaban J connectivity index is 1.08. The van der Waals surface area contributed by atoms with Crippen LogP contribution in [0.2, 0.25) is 0 Å². The van der Waals surface area contributed by atoms with Gasteiger partial charge < -0.3 is 9.80 Å². The molecular formula is C28H31N7OS. The van der Waals surface area contributed by atoms with Gasteiger partial charge in [-0.3, -0.25) is 9.69 Å². The molecule has 0 saturated carbocycles. The Hall–Kier alpha value is -3.56. The second-order valence-electron chi connectivity index (χ2n) is 9.96. The first-order valence-corrected chi connectivity index (χ1v) is 13.7. The number of hydrogen-bond donors (Lipinski definition) is 0. The Morgan fingerprint density at radius 3 is 2.57 bits per heavy atom. The van der Waals surface area contributed by atoms with Crippen LogP contribution in [0.4, 0.5) is 5.82 Å². The van der Waals surface area contributed by atoms with Gasteiger partial charge >= 0.3 is 0 Å². The highest BCUT2D eigenvalue weighted by atomic mass is 32.1. The fourth-order valence-corrected chi connectivity index (χ4v) is 6.05. The molecule has 1 saturated heterocycles. The molecule has 2 aliphatic heterocycles. The first kappa shape index (κ1) is 23.8. The maximum Gasteiger partial charge on any atom is 0.237 e. The Morgan fingerprint density at radius 2 is 1.86 bits per heavy atom. The Bertz CT molecular complexity index is 1340. The van der Waals surface area contributed by atoms with Crippen LogP contribution in [0, 0.1) is 0 Å². The number of carbonyl (C=O) groups excluding carboxylic acids is 1. The van der Waals surface area contributed by atoms with E-state index >= 15 is 0 Å². The van der Waals surface area contributed by atoms with Crippen molar-refractivity contribution in [3.8, 4) is 16.3 Å². The fraction of sp³-hybridized carbons (Fsp3) is 0.357. The van der Waals surface area contributed by atoms with E-state index in [-0.39, 0.29) is 18.0 Å². The van der Waals surface area contributed by atoms with E-state index in [4.69, 9.17) is 10.1 Å². The molecule has 0 bridgehead atoms. The van der Waals surface area contributed by atoms with E-state index < -0.39 is 0 Å². The lowest BCUT2D eigenvalue weighted by molar-refractivity contribution is -0.134. The normalized spacial score (nSPS) is 20.2. The van der Waals surface area contributed by atoms with Crippen molar-refractivity contribution in [3.05, 3.63) is 77.7 Å². The molecule has 1 fully saturated rings. The topological polar surface area (TPSA) is 70.4 Å². The number of benzene rings is 1. The molecule has 8 nitrogen and oxygen atoms in total. The number of rotatable bonds is 5. The number of aromatic nitrogens is 4. The maximum absolute atomic E-state index is 13.4. The average molecular weight is 514 g/mol. The van der Waals surface area contributed by atoms with E-state index in [9.17, 15) is 4.79 Å². The first-order valence-electron chi connectivity index (χ1n) is 12.8. The van der Waals surface area contributed by atoms with Gasteiger partial charge in [0.05, 0.1) is 17.9 Å². The number of fused-ring (bicyclic) bond motifs is 1. The van der Waals surface area contributed by atoms with E-state index in [1.54, 1.807) is 11.3 Å². The summed E-state index contributed by atoms with van der Waals surface area (Å²) in [6.45, 7) is 7.88. The van der Waals surface area contributed by atoms with Crippen molar-refractivity contribution in [2.45, 2.75) is 38.9 Å². The van der Waals surface area contributed by atoms with Crippen LogP contribution in [0.1, 0.15) is 25.1 Å². The average Bonchev–Trinajstić information content (AvgIpc) is 3.61. The van der Waals surface area contributed by atoms with E-state index in [0.717, 1.165) is 59.4 Å². The van der Waals surface area contributed by atoms with Gasteiger partial charge in [-0.05, 0) is 38.1 Å². The third-order valence-electron chi connectivity index (χ3n) is 7.40. The Kier molecular flexibility index (Phi) is 6.48. The van der Waals surface area contributed by atoms with Crippen LogP contribution in [-0.4, -0.2) is 73.7 Å². The van der Waals surface area contributed by atoms with Gasteiger partial charge in [0.2, 0.25) is 5.91 Å². The van der Waals surface area contributed by atoms with Crippen molar-refractivity contribution < 1.29 is 4.79 Å². The van der Waals surface area contributed by atoms with Gasteiger partial charge in [0.1, 0.15) is 10.8 Å². The van der Waals surface area contributed by atoms with Crippen molar-refractivity contribution >= 4 is 23.1 Å². The van der Waals surface area contributed by atoms with Gasteiger partial charge in [-0.25, -0.2) is 14.6 Å². The van der Waals surface area contributed by atoms with E-state index in [1.807, 2.05) is 45.6 Å². The number of anilines is 1. The molecular weight excluding hydrogens is 482 g/mol. The number of nitrogens with zero attached hydrogens (tertiary/aromatic N) is 7. The minimum atomic E-state index is 0.191. The van der Waals surface area contributed by atoms with Crippen LogP contribution in [0.3, 0.4) is 0 Å². The second-order valence-corrected chi connectivity index (χ2v) is 10.9. The summed E-state index contributed by atoms with van der Waals surface area (Å²) in [5.74, 6) is 1.17. The largest absolute Gasteiger partial charge is 0.354 e. The number of para-hydroxylation sites is 1. The summed E-state index contributed by atoms with van der Waals surface area (Å²) in [6, 6.07) is 14.8. The first-order chi connectivity index (χ1) is 18.0. The van der Waals surface area contributed by atoms with Gasteiger partial charge in [-0.15, -0.1) is 11.3 Å². The van der Waals surface area contributed by atoms with Crippen LogP contribution < -0.4 is 4.90 Å². The highest BCUT2D eigenvalue weighted by Gasteiger charge is 2.33. The molecule has 2 aliphatic rings. The number of pyridine rings is 1. The fourth-order valence-electron chi connectivity index (χ4n) is 5.42. The SMILES string of the molecule is C[C@@H]1CN(c2ccc(-c3nccs3)cn2)C[C@H](C)N1CC(=O)N1CCc2nn(-c3ccccc3)cc2C1. The van der Waals surface area contributed by atoms with Crippen molar-refractivity contribution in [2.75, 3.05) is 31.1 Å². The molecule has 37 heavy (non-hydrogen) atoms. The lowest BCUT2D eigenvalue weighted by Gasteiger charge is -2.45. The lowest BCUT2D eigenvalue weighted by Crippen LogP contribution is -2.59. The summed E-state index contributed by atoms with van der Waals surface area (Å²) >= 11 is 1.62. The van der Waals surface area contributed by atoms with Crippen LogP contribution >= 0.6 is 11.3 Å². The number of thiazole rings is 1. The molecule has 0 aliphatic carbocycles. The zero-order chi connectivity index (χ0) is 25.4. The van der Waals surface area contributed by atoms with E-state index in [2.05, 4.69) is 59.1 Å². The monoisotopic (exact) mass is 513 g/mol. The molecule has 1 aromatic carbocycles. The quantitative estimate of drug-likeness (QED) is 0.404. The maximum atomic E-state index is 13.4. The molecule has 1 amide bonds. The third kappa shape index (κ3) is 4.89. The van der Waals surface area contributed by atoms with Gasteiger partial charge in [0, 0.05) is 79.8 Å². The molecule has 5 heterocycles. The second kappa shape index (κ2) is 10.1. The smallest absolute Gasteiger partial charge is 0.237 e. The molecule has 3 aromatic heterocycles. The standard InChI is InChI=1S/C28H31N7OS/c1-20-15-33(26-9-8-22(14-30-26)28-29-11-13-37-28)16-21(2)34(20)19-27(36)32-12-10-25-23(17-32)18-35(31-25)24-6-4-3-5-7-24/h3-9,11,13-14,18,20-21H,10,12,15-17,19H2,1-2H3/t20-,21+. The zero-order valence-electron chi connectivity index (χ0n) is 21.2. The Morgan fingerprint density at radius 1 is 1.05 bits per heavy atom. The molecule has 9 heteroatoms. The van der Waals surface area contributed by atoms with Crippen molar-refractivity contribution in [1.29, 1.82) is 0 Å². The molecule has 0 radical (unpaired) electrons. The van der Waals surface area contributed by atoms with Gasteiger partial charge in [0.25, 0.3) is 0 Å². The summed E-state index contributed by atoms with van der Waals surface area (Å²) in [5.41, 5.74) is 4.32. The van der Waals surface area contributed by atoms with E-state index in [0.29, 0.717) is 13.1 Å². The van der Waals surface area contributed by atoms with Gasteiger partial charge in [0.15, 0.2) is 0 Å². The van der Waals surface area contributed by atoms with Gasteiger partial charge in [-0.2, -0.15) is 5.10 Å². The van der Waals surface area contributed by atoms with Crippen LogP contribution in [0.25, 0.3) is 16.3 Å². The van der Waals surface area contributed by atoms with Crippen molar-refractivity contribution in [3.63, 3.8) is 0 Å². The highest BCUT2D eigenvalue weighted by molar-refractivity contribution is 7.13. The Labute approximate surface area is 221 Å². The molecule has 0 spiro atoms. The summed E-state index contributed by atoms with van der Waals surface area (Å²) in [5, 5.41) is 7.73. The molecule has 2 atom stereocenters. The van der Waals surface area contributed by atoms with Gasteiger partial charge in [-0.1, -0.05) is 18.2 Å². The summed E-state index contributed by atoms with van der Waals surface area (Å²) in [6.07, 6.45) is 6.59. The predicted molar refractivity (Wildman–Crippen MR) is 146 cm³/mol. The molecule has 190 valence electrons. The number of piperazine rings is 1. The highest BCUT2D eigenvalue weighted by Crippen LogP contribution is 2.26. The molecule has 0 N–H and O–H groups in total. The number of amides is 1. The third-order valence-corrected chi connectivity index (χ3v) is 8.22. The lowest BCUT2D eigenvalue weighted by atomic mass is 10.1. The van der Waals surface area contributed by atoms with Crippen LogP contribution in [0.15, 0.2) is 66.4 Å². The summed E-state index contributed by atoms with van der Waals surface area (Å²) < 4.78 is 1.93. The predicted octanol–water partition coefficient (Wildman–Crippen LogP) is 3.87. The minimum absolute atomic E-state index is 0.191. The molecule has 6 rings (SSSR count). The summed E-state index contributed by atoms with van der Waals surface area (Å²) in [4.78, 5) is 29.1. The molecule has 0 unspecified atom stereocenters.